The lowest BCUT2D eigenvalue weighted by molar-refractivity contribution is -0.137. The lowest BCUT2D eigenvalue weighted by atomic mass is 9.99. The summed E-state index contributed by atoms with van der Waals surface area (Å²) < 4.78 is 4.92. The highest BCUT2D eigenvalue weighted by atomic mass is 16.5. The third-order valence-electron chi connectivity index (χ3n) is 2.90. The number of ether oxygens (including phenoxy) is 1. The van der Waals surface area contributed by atoms with Gasteiger partial charge in [0.05, 0.1) is 13.0 Å². The van der Waals surface area contributed by atoms with Gasteiger partial charge in [0, 0.05) is 5.92 Å². The van der Waals surface area contributed by atoms with Gasteiger partial charge in [-0.25, -0.2) is 0 Å². The van der Waals surface area contributed by atoms with Gasteiger partial charge in [0.1, 0.15) is 0 Å². The molecule has 0 aromatic heterocycles. The van der Waals surface area contributed by atoms with Crippen LogP contribution in [0.15, 0.2) is 0 Å². The van der Waals surface area contributed by atoms with E-state index >= 15 is 0 Å². The number of unbranched alkanes of at least 4 members (excludes halogenated alkanes) is 5. The van der Waals surface area contributed by atoms with Crippen LogP contribution in [-0.2, 0) is 9.53 Å². The number of carbonyl (C=O) groups is 1. The highest BCUT2D eigenvalue weighted by Crippen LogP contribution is 2.20. The Bertz CT molecular complexity index is 166. The van der Waals surface area contributed by atoms with Crippen LogP contribution in [0.3, 0.4) is 0 Å². The second-order valence-corrected chi connectivity index (χ2v) is 4.31. The highest BCUT2D eigenvalue weighted by molar-refractivity contribution is 5.71. The molecule has 0 bridgehead atoms. The molecule has 1 fully saturated rings. The van der Waals surface area contributed by atoms with Crippen LogP contribution >= 0.6 is 0 Å². The van der Waals surface area contributed by atoms with E-state index in [1.807, 2.05) is 0 Å². The van der Waals surface area contributed by atoms with E-state index < -0.39 is 0 Å². The van der Waals surface area contributed by atoms with Gasteiger partial charge >= 0.3 is 5.97 Å². The minimum atomic E-state index is 0.000910. The fourth-order valence-electron chi connectivity index (χ4n) is 1.96. The Morgan fingerprint density at radius 1 is 1.21 bits per heavy atom. The molecule has 0 N–H and O–H groups in total. The predicted molar refractivity (Wildman–Crippen MR) is 57.1 cm³/mol. The van der Waals surface area contributed by atoms with Gasteiger partial charge in [-0.15, -0.1) is 0 Å². The second kappa shape index (κ2) is 6.86. The Hall–Kier alpha value is -0.530. The van der Waals surface area contributed by atoms with Gasteiger partial charge in [0.15, 0.2) is 0 Å². The summed E-state index contributed by atoms with van der Waals surface area (Å²) in [5.41, 5.74) is 0. The van der Waals surface area contributed by atoms with Crippen molar-refractivity contribution in [1.29, 1.82) is 0 Å². The van der Waals surface area contributed by atoms with E-state index in [1.54, 1.807) is 0 Å². The van der Waals surface area contributed by atoms with Crippen LogP contribution in [0.4, 0.5) is 0 Å². The molecule has 1 rings (SSSR count). The molecule has 0 spiro atoms. The second-order valence-electron chi connectivity index (χ2n) is 4.31. The molecule has 1 saturated heterocycles. The van der Waals surface area contributed by atoms with E-state index in [0.29, 0.717) is 18.9 Å². The lowest BCUT2D eigenvalue weighted by Crippen LogP contribution is -1.98. The van der Waals surface area contributed by atoms with Gasteiger partial charge in [-0.2, -0.15) is 0 Å². The molecule has 14 heavy (non-hydrogen) atoms. The van der Waals surface area contributed by atoms with Crippen molar-refractivity contribution in [3.63, 3.8) is 0 Å². The molecule has 2 heteroatoms. The molecule has 1 aliphatic rings. The summed E-state index contributed by atoms with van der Waals surface area (Å²) in [4.78, 5) is 10.8. The number of hydrogen-bond donors (Lipinski definition) is 0. The first-order valence-corrected chi connectivity index (χ1v) is 5.98. The van der Waals surface area contributed by atoms with Crippen LogP contribution in [0.5, 0.6) is 0 Å². The smallest absolute Gasteiger partial charge is 0.306 e. The summed E-state index contributed by atoms with van der Waals surface area (Å²) in [5.74, 6) is 0.523. The summed E-state index contributed by atoms with van der Waals surface area (Å²) in [6.45, 7) is 2.91. The molecule has 0 aromatic carbocycles. The fraction of sp³-hybridized carbons (Fsp3) is 0.917. The summed E-state index contributed by atoms with van der Waals surface area (Å²) in [7, 11) is 0. The van der Waals surface area contributed by atoms with Gasteiger partial charge in [-0.05, 0) is 6.42 Å². The van der Waals surface area contributed by atoms with Gasteiger partial charge in [0.25, 0.3) is 0 Å². The van der Waals surface area contributed by atoms with Crippen molar-refractivity contribution in [2.24, 2.45) is 5.92 Å². The monoisotopic (exact) mass is 198 g/mol. The quantitative estimate of drug-likeness (QED) is 0.463. The minimum Gasteiger partial charge on any atom is -0.465 e. The molecule has 1 atom stereocenters. The summed E-state index contributed by atoms with van der Waals surface area (Å²) in [6.07, 6.45) is 9.84. The SMILES string of the molecule is CCCCCCCC[C@H]1COC(=O)C1. The summed E-state index contributed by atoms with van der Waals surface area (Å²) in [5, 5.41) is 0. The van der Waals surface area contributed by atoms with E-state index in [1.165, 1.54) is 44.9 Å². The van der Waals surface area contributed by atoms with Gasteiger partial charge in [0.2, 0.25) is 0 Å². The van der Waals surface area contributed by atoms with Crippen LogP contribution in [-0.4, -0.2) is 12.6 Å². The molecule has 0 amide bonds. The molecule has 0 aromatic rings. The Kier molecular flexibility index (Phi) is 5.65. The zero-order valence-electron chi connectivity index (χ0n) is 9.26. The standard InChI is InChI=1S/C12H22O2/c1-2-3-4-5-6-7-8-11-9-12(13)14-10-11/h11H,2-10H2,1H3/t11-/m1/s1. The summed E-state index contributed by atoms with van der Waals surface area (Å²) in [6, 6.07) is 0. The fourth-order valence-corrected chi connectivity index (χ4v) is 1.96. The average Bonchev–Trinajstić information content (AvgIpc) is 2.58. The predicted octanol–water partition coefficient (Wildman–Crippen LogP) is 3.30. The summed E-state index contributed by atoms with van der Waals surface area (Å²) >= 11 is 0. The molecule has 0 unspecified atom stereocenters. The van der Waals surface area contributed by atoms with Crippen LogP contribution in [0.2, 0.25) is 0 Å². The van der Waals surface area contributed by atoms with Crippen LogP contribution in [0.25, 0.3) is 0 Å². The maximum absolute atomic E-state index is 10.8. The zero-order valence-corrected chi connectivity index (χ0v) is 9.26. The first-order valence-electron chi connectivity index (χ1n) is 5.98. The van der Waals surface area contributed by atoms with Crippen molar-refractivity contribution in [1.82, 2.24) is 0 Å². The van der Waals surface area contributed by atoms with Crippen LogP contribution < -0.4 is 0 Å². The molecule has 0 saturated carbocycles. The third-order valence-corrected chi connectivity index (χ3v) is 2.90. The average molecular weight is 198 g/mol. The van der Waals surface area contributed by atoms with Crippen LogP contribution in [0.1, 0.15) is 58.3 Å². The first kappa shape index (κ1) is 11.5. The van der Waals surface area contributed by atoms with Gasteiger partial charge in [-0.3, -0.25) is 4.79 Å². The topological polar surface area (TPSA) is 26.3 Å². The van der Waals surface area contributed by atoms with E-state index in [2.05, 4.69) is 6.92 Å². The molecule has 0 radical (unpaired) electrons. The van der Waals surface area contributed by atoms with Gasteiger partial charge in [-0.1, -0.05) is 45.4 Å². The number of cyclic esters (lactones) is 1. The largest absolute Gasteiger partial charge is 0.465 e. The Balaban J connectivity index is 1.86. The van der Waals surface area contributed by atoms with E-state index in [9.17, 15) is 4.79 Å². The van der Waals surface area contributed by atoms with Crippen molar-refractivity contribution >= 4 is 5.97 Å². The van der Waals surface area contributed by atoms with Crippen molar-refractivity contribution in [3.05, 3.63) is 0 Å². The first-order chi connectivity index (χ1) is 6.83. The van der Waals surface area contributed by atoms with Gasteiger partial charge < -0.3 is 4.74 Å². The molecular weight excluding hydrogens is 176 g/mol. The van der Waals surface area contributed by atoms with E-state index in [0.717, 1.165) is 0 Å². The molecule has 0 aliphatic carbocycles. The molecule has 1 aliphatic heterocycles. The number of esters is 1. The minimum absolute atomic E-state index is 0.000910. The Labute approximate surface area is 87.0 Å². The Morgan fingerprint density at radius 3 is 2.57 bits per heavy atom. The Morgan fingerprint density at radius 2 is 1.93 bits per heavy atom. The van der Waals surface area contributed by atoms with Crippen molar-refractivity contribution in [3.8, 4) is 0 Å². The normalized spacial score (nSPS) is 21.2. The van der Waals surface area contributed by atoms with Crippen molar-refractivity contribution < 1.29 is 9.53 Å². The van der Waals surface area contributed by atoms with Crippen LogP contribution in [0, 0.1) is 5.92 Å². The van der Waals surface area contributed by atoms with E-state index in [4.69, 9.17) is 4.74 Å². The molecule has 1 heterocycles. The molecule has 2 nitrogen and oxygen atoms in total. The molecule has 82 valence electrons. The maximum Gasteiger partial charge on any atom is 0.306 e. The lowest BCUT2D eigenvalue weighted by Gasteiger charge is -2.04. The maximum atomic E-state index is 10.8. The van der Waals surface area contributed by atoms with Crippen molar-refractivity contribution in [2.75, 3.05) is 6.61 Å². The number of hydrogen-bond acceptors (Lipinski definition) is 2. The zero-order chi connectivity index (χ0) is 10.2. The third kappa shape index (κ3) is 4.64. The number of rotatable bonds is 7. The molecular formula is C12H22O2. The number of carbonyl (C=O) groups excluding carboxylic acids is 1. The highest BCUT2D eigenvalue weighted by Gasteiger charge is 2.22. The van der Waals surface area contributed by atoms with Crippen molar-refractivity contribution in [2.45, 2.75) is 58.3 Å². The van der Waals surface area contributed by atoms with E-state index in [-0.39, 0.29) is 5.97 Å².